The van der Waals surface area contributed by atoms with E-state index in [1.807, 2.05) is 36.4 Å². The van der Waals surface area contributed by atoms with E-state index in [4.69, 9.17) is 40.5 Å². The molecule has 0 aliphatic carbocycles. The minimum Gasteiger partial charge on any atom is -0.361 e. The summed E-state index contributed by atoms with van der Waals surface area (Å²) in [6.07, 6.45) is 0. The van der Waals surface area contributed by atoms with Crippen LogP contribution < -0.4 is 10.6 Å². The molecule has 0 radical (unpaired) electrons. The van der Waals surface area contributed by atoms with Gasteiger partial charge in [-0.15, -0.1) is 0 Å². The number of hydrogen-bond acceptors (Lipinski definition) is 3. The fourth-order valence-corrected chi connectivity index (χ4v) is 4.71. The maximum Gasteiger partial charge on any atom is 0.123 e. The third kappa shape index (κ3) is 5.33. The minimum atomic E-state index is -0.257. The molecule has 0 unspecified atom stereocenters. The van der Waals surface area contributed by atoms with E-state index in [1.54, 1.807) is 18.2 Å². The number of rotatable bonds is 5. The summed E-state index contributed by atoms with van der Waals surface area (Å²) in [7, 11) is 0. The molecule has 1 saturated heterocycles. The second-order valence-corrected chi connectivity index (χ2v) is 9.05. The normalized spacial score (nSPS) is 18.2. The third-order valence-electron chi connectivity index (χ3n) is 5.69. The van der Waals surface area contributed by atoms with Gasteiger partial charge < -0.3 is 10.6 Å². The number of halogens is 4. The molecule has 0 aromatic heterocycles. The first-order valence-electron chi connectivity index (χ1n) is 10.1. The second kappa shape index (κ2) is 9.76. The Hall–Kier alpha value is -1.82. The maximum absolute atomic E-state index is 13.3. The van der Waals surface area contributed by atoms with Gasteiger partial charge in [0.2, 0.25) is 0 Å². The van der Waals surface area contributed by atoms with Gasteiger partial charge >= 0.3 is 0 Å². The summed E-state index contributed by atoms with van der Waals surface area (Å²) >= 11 is 18.8. The summed E-state index contributed by atoms with van der Waals surface area (Å²) < 4.78 is 13.3. The van der Waals surface area contributed by atoms with E-state index in [1.165, 1.54) is 12.1 Å². The average molecular weight is 479 g/mol. The van der Waals surface area contributed by atoms with E-state index in [0.29, 0.717) is 21.6 Å². The zero-order valence-corrected chi connectivity index (χ0v) is 19.1. The Bertz CT molecular complexity index is 1030. The minimum absolute atomic E-state index is 0.0742. The monoisotopic (exact) mass is 477 g/mol. The summed E-state index contributed by atoms with van der Waals surface area (Å²) in [5.41, 5.74) is 9.46. The van der Waals surface area contributed by atoms with Gasteiger partial charge in [-0.2, -0.15) is 0 Å². The summed E-state index contributed by atoms with van der Waals surface area (Å²) in [4.78, 5) is 4.65. The molecular weight excluding hydrogens is 456 g/mol. The molecule has 0 spiro atoms. The Morgan fingerprint density at radius 1 is 0.903 bits per heavy atom. The van der Waals surface area contributed by atoms with Crippen molar-refractivity contribution in [3.8, 4) is 0 Å². The molecule has 2 N–H and O–H groups in total. The summed E-state index contributed by atoms with van der Waals surface area (Å²) in [6.45, 7) is 3.07. The molecule has 31 heavy (non-hydrogen) atoms. The average Bonchev–Trinajstić information content (AvgIpc) is 2.75. The van der Waals surface area contributed by atoms with Gasteiger partial charge in [-0.1, -0.05) is 59.1 Å². The van der Waals surface area contributed by atoms with Crippen LogP contribution in [0.25, 0.3) is 0 Å². The first-order valence-corrected chi connectivity index (χ1v) is 11.2. The van der Waals surface area contributed by atoms with Gasteiger partial charge in [-0.25, -0.2) is 4.39 Å². The highest BCUT2D eigenvalue weighted by Crippen LogP contribution is 2.37. The predicted octanol–water partition coefficient (Wildman–Crippen LogP) is 6.35. The third-order valence-corrected chi connectivity index (χ3v) is 6.48. The fourth-order valence-electron chi connectivity index (χ4n) is 4.07. The highest BCUT2D eigenvalue weighted by Gasteiger charge is 2.30. The lowest BCUT2D eigenvalue weighted by molar-refractivity contribution is 0.211. The molecule has 3 aromatic carbocycles. The van der Waals surface area contributed by atoms with Crippen molar-refractivity contribution in [3.63, 3.8) is 0 Å². The van der Waals surface area contributed by atoms with Crippen LogP contribution in [0.5, 0.6) is 0 Å². The van der Waals surface area contributed by atoms with Crippen molar-refractivity contribution >= 4 is 40.5 Å². The van der Waals surface area contributed by atoms with Crippen molar-refractivity contribution in [2.45, 2.75) is 12.1 Å². The summed E-state index contributed by atoms with van der Waals surface area (Å²) in [6, 6.07) is 19.8. The van der Waals surface area contributed by atoms with Crippen LogP contribution in [0.2, 0.25) is 15.1 Å². The van der Waals surface area contributed by atoms with E-state index in [2.05, 4.69) is 9.80 Å². The number of benzene rings is 3. The predicted molar refractivity (Wildman–Crippen MR) is 128 cm³/mol. The molecule has 7 heteroatoms. The van der Waals surface area contributed by atoms with Crippen LogP contribution in [0.4, 0.5) is 10.1 Å². The van der Waals surface area contributed by atoms with Gasteiger partial charge in [0.25, 0.3) is 0 Å². The van der Waals surface area contributed by atoms with E-state index < -0.39 is 0 Å². The van der Waals surface area contributed by atoms with Crippen molar-refractivity contribution < 1.29 is 4.39 Å². The molecule has 162 valence electrons. The zero-order valence-electron chi connectivity index (χ0n) is 16.8. The smallest absolute Gasteiger partial charge is 0.123 e. The molecule has 3 nitrogen and oxygen atoms in total. The maximum atomic E-state index is 13.3. The highest BCUT2D eigenvalue weighted by molar-refractivity contribution is 6.36. The van der Waals surface area contributed by atoms with E-state index in [9.17, 15) is 4.39 Å². The largest absolute Gasteiger partial charge is 0.361 e. The number of hydrogen-bond donors (Lipinski definition) is 1. The topological polar surface area (TPSA) is 32.5 Å². The van der Waals surface area contributed by atoms with Gasteiger partial charge in [0.15, 0.2) is 0 Å². The first-order chi connectivity index (χ1) is 14.9. The van der Waals surface area contributed by atoms with E-state index >= 15 is 0 Å². The van der Waals surface area contributed by atoms with Crippen LogP contribution in [0.3, 0.4) is 0 Å². The molecule has 0 saturated carbocycles. The number of anilines is 1. The Balaban J connectivity index is 1.58. The number of nitrogens with zero attached hydrogens (tertiary/aromatic N) is 2. The van der Waals surface area contributed by atoms with Crippen LogP contribution in [0.1, 0.15) is 23.2 Å². The fraction of sp³-hybridized carbons (Fsp3) is 0.250. The van der Waals surface area contributed by atoms with Crippen LogP contribution in [0.15, 0.2) is 66.7 Å². The quantitative estimate of drug-likeness (QED) is 0.464. The van der Waals surface area contributed by atoms with E-state index in [-0.39, 0.29) is 17.9 Å². The summed E-state index contributed by atoms with van der Waals surface area (Å²) in [5.74, 6) is -0.257. The van der Waals surface area contributed by atoms with Crippen molar-refractivity contribution in [1.29, 1.82) is 0 Å². The lowest BCUT2D eigenvalue weighted by Gasteiger charge is -2.44. The number of piperazine rings is 1. The summed E-state index contributed by atoms with van der Waals surface area (Å²) in [5, 5.41) is 1.94. The van der Waals surface area contributed by atoms with Crippen LogP contribution in [-0.4, -0.2) is 31.1 Å². The molecule has 1 aliphatic rings. The number of nitrogens with two attached hydrogens (primary N) is 1. The Morgan fingerprint density at radius 3 is 2.26 bits per heavy atom. The Labute approximate surface area is 197 Å². The molecule has 4 rings (SSSR count). The SMILES string of the molecule is N[C@H](CN1CCN(c2ccc(Cl)cc2Cl)[C@H](c2ccc(Cl)cc2)C1)c1ccc(F)cc1. The molecule has 1 heterocycles. The van der Waals surface area contributed by atoms with Gasteiger partial charge in [-0.3, -0.25) is 4.90 Å². The van der Waals surface area contributed by atoms with Gasteiger partial charge in [0, 0.05) is 42.3 Å². The van der Waals surface area contributed by atoms with Crippen LogP contribution in [0, 0.1) is 5.82 Å². The lowest BCUT2D eigenvalue weighted by atomic mass is 10.00. The molecule has 0 amide bonds. The lowest BCUT2D eigenvalue weighted by Crippen LogP contribution is -2.50. The molecule has 0 bridgehead atoms. The van der Waals surface area contributed by atoms with Crippen LogP contribution >= 0.6 is 34.8 Å². The van der Waals surface area contributed by atoms with Crippen molar-refractivity contribution in [2.24, 2.45) is 5.73 Å². The van der Waals surface area contributed by atoms with Gasteiger partial charge in [0.1, 0.15) is 5.82 Å². The van der Waals surface area contributed by atoms with Crippen molar-refractivity contribution in [1.82, 2.24) is 4.90 Å². The molecule has 2 atom stereocenters. The van der Waals surface area contributed by atoms with Gasteiger partial charge in [-0.05, 0) is 53.6 Å². The Morgan fingerprint density at radius 2 is 1.58 bits per heavy atom. The van der Waals surface area contributed by atoms with Crippen molar-refractivity contribution in [3.05, 3.63) is 98.7 Å². The molecule has 1 aliphatic heterocycles. The molecule has 3 aromatic rings. The molecule has 1 fully saturated rings. The van der Waals surface area contributed by atoms with Crippen LogP contribution in [-0.2, 0) is 0 Å². The standard InChI is InChI=1S/C24H23Cl3FN3/c25-18-5-1-17(2-6-18)24-15-30(14-22(29)16-3-8-20(28)9-4-16)11-12-31(24)23-10-7-19(26)13-21(23)27/h1-10,13,22,24H,11-12,14-15,29H2/t22-,24+/m1/s1. The van der Waals surface area contributed by atoms with Crippen molar-refractivity contribution in [2.75, 3.05) is 31.1 Å². The highest BCUT2D eigenvalue weighted by atomic mass is 35.5. The second-order valence-electron chi connectivity index (χ2n) is 7.77. The zero-order chi connectivity index (χ0) is 22.0. The van der Waals surface area contributed by atoms with Gasteiger partial charge in [0.05, 0.1) is 16.8 Å². The first kappa shape index (κ1) is 22.4. The molecular formula is C24H23Cl3FN3. The Kier molecular flexibility index (Phi) is 7.05. The van der Waals surface area contributed by atoms with E-state index in [0.717, 1.165) is 36.4 Å².